The second-order valence-corrected chi connectivity index (χ2v) is 9.96. The van der Waals surface area contributed by atoms with Crippen molar-refractivity contribution in [3.63, 3.8) is 0 Å². The van der Waals surface area contributed by atoms with Gasteiger partial charge in [0.25, 0.3) is 5.19 Å². The summed E-state index contributed by atoms with van der Waals surface area (Å²) in [4.78, 5) is 23.9. The Labute approximate surface area is 207 Å². The molecule has 178 valence electrons. The Bertz CT molecular complexity index is 1190. The first-order valence-corrected chi connectivity index (χ1v) is 12.5. The Balaban J connectivity index is 1.12. The Kier molecular flexibility index (Phi) is 6.73. The zero-order valence-corrected chi connectivity index (χ0v) is 20.4. The molecule has 1 aliphatic carbocycles. The summed E-state index contributed by atoms with van der Waals surface area (Å²) in [7, 11) is 0. The normalized spacial score (nSPS) is 16.4. The molecule has 8 nitrogen and oxygen atoms in total. The van der Waals surface area contributed by atoms with Gasteiger partial charge in [0.05, 0.1) is 23.1 Å². The van der Waals surface area contributed by atoms with Gasteiger partial charge in [0.2, 0.25) is 0 Å². The minimum atomic E-state index is -0.140. The Morgan fingerprint density at radius 1 is 1.35 bits per heavy atom. The Morgan fingerprint density at radius 3 is 3.06 bits per heavy atom. The molecular weight excluding hydrogens is 474 g/mol. The number of thiazole rings is 1. The van der Waals surface area contributed by atoms with Crippen molar-refractivity contribution in [1.82, 2.24) is 24.8 Å². The highest BCUT2D eigenvalue weighted by atomic mass is 35.5. The van der Waals surface area contributed by atoms with E-state index in [2.05, 4.69) is 19.9 Å². The van der Waals surface area contributed by atoms with E-state index in [1.54, 1.807) is 29.4 Å². The molecule has 5 rings (SSSR count). The number of imidazole rings is 1. The average Bonchev–Trinajstić information content (AvgIpc) is 3.35. The third-order valence-electron chi connectivity index (χ3n) is 5.72. The van der Waals surface area contributed by atoms with Crippen LogP contribution in [0.25, 0.3) is 6.08 Å². The van der Waals surface area contributed by atoms with E-state index in [-0.39, 0.29) is 12.1 Å². The fourth-order valence-electron chi connectivity index (χ4n) is 3.56. The molecule has 1 aliphatic heterocycles. The van der Waals surface area contributed by atoms with Crippen molar-refractivity contribution < 1.29 is 14.3 Å². The molecule has 2 aromatic heterocycles. The highest BCUT2D eigenvalue weighted by Gasteiger charge is 2.22. The monoisotopic (exact) mass is 499 g/mol. The number of urea groups is 1. The van der Waals surface area contributed by atoms with Gasteiger partial charge in [0, 0.05) is 43.8 Å². The number of aromatic nitrogens is 3. The van der Waals surface area contributed by atoms with Crippen molar-refractivity contribution in [3.05, 3.63) is 58.6 Å². The van der Waals surface area contributed by atoms with Gasteiger partial charge in [0.15, 0.2) is 0 Å². The Hall–Kier alpha value is -3.04. The van der Waals surface area contributed by atoms with Crippen LogP contribution < -0.4 is 14.8 Å². The minimum absolute atomic E-state index is 0.0982. The van der Waals surface area contributed by atoms with Crippen molar-refractivity contribution in [2.45, 2.75) is 38.9 Å². The highest BCUT2D eigenvalue weighted by molar-refractivity contribution is 7.14. The smallest absolute Gasteiger partial charge is 0.318 e. The molecule has 0 saturated heterocycles. The van der Waals surface area contributed by atoms with Crippen LogP contribution in [0.1, 0.15) is 30.5 Å². The summed E-state index contributed by atoms with van der Waals surface area (Å²) in [6.45, 7) is 4.61. The number of halogens is 1. The van der Waals surface area contributed by atoms with Crippen molar-refractivity contribution >= 4 is 35.0 Å². The highest BCUT2D eigenvalue weighted by Crippen LogP contribution is 2.35. The van der Waals surface area contributed by atoms with Gasteiger partial charge in [0.1, 0.15) is 17.3 Å². The fraction of sp³-hybridized carbons (Fsp3) is 0.375. The lowest BCUT2D eigenvalue weighted by Gasteiger charge is -2.28. The molecule has 10 heteroatoms. The van der Waals surface area contributed by atoms with Gasteiger partial charge < -0.3 is 24.3 Å². The van der Waals surface area contributed by atoms with Gasteiger partial charge in [-0.05, 0) is 43.9 Å². The van der Waals surface area contributed by atoms with Crippen LogP contribution in [0.2, 0.25) is 5.02 Å². The summed E-state index contributed by atoms with van der Waals surface area (Å²) in [5.74, 6) is 2.87. The topological polar surface area (TPSA) is 81.5 Å². The number of carbonyl (C=O) groups is 1. The molecule has 1 aromatic carbocycles. The van der Waals surface area contributed by atoms with E-state index in [1.807, 2.05) is 31.3 Å². The number of carbonyl (C=O) groups excluding carboxylic acids is 1. The zero-order chi connectivity index (χ0) is 23.5. The van der Waals surface area contributed by atoms with Crippen LogP contribution in [0.3, 0.4) is 0 Å². The van der Waals surface area contributed by atoms with Crippen LogP contribution in [0.4, 0.5) is 4.79 Å². The molecule has 2 aliphatic rings. The molecule has 1 fully saturated rings. The number of hydrogen-bond donors (Lipinski definition) is 1. The van der Waals surface area contributed by atoms with Gasteiger partial charge in [-0.25, -0.2) is 14.8 Å². The summed E-state index contributed by atoms with van der Waals surface area (Å²) >= 11 is 7.76. The lowest BCUT2D eigenvalue weighted by atomic mass is 10.3. The molecule has 1 saturated carbocycles. The van der Waals surface area contributed by atoms with E-state index >= 15 is 0 Å². The maximum atomic E-state index is 12.6. The minimum Gasteiger partial charge on any atom is -0.493 e. The number of hydrogen-bond acceptors (Lipinski definition) is 6. The first kappa shape index (κ1) is 22.7. The molecule has 0 radical (unpaired) electrons. The maximum absolute atomic E-state index is 12.6. The van der Waals surface area contributed by atoms with Crippen LogP contribution in [-0.4, -0.2) is 44.7 Å². The second kappa shape index (κ2) is 10.1. The summed E-state index contributed by atoms with van der Waals surface area (Å²) in [5.41, 5.74) is 0. The van der Waals surface area contributed by atoms with Gasteiger partial charge in [-0.2, -0.15) is 0 Å². The summed E-state index contributed by atoms with van der Waals surface area (Å²) in [5, 5.41) is 3.99. The maximum Gasteiger partial charge on any atom is 0.318 e. The molecule has 34 heavy (non-hydrogen) atoms. The molecule has 1 N–H and O–H groups in total. The quantitative estimate of drug-likeness (QED) is 0.460. The van der Waals surface area contributed by atoms with Gasteiger partial charge in [-0.15, -0.1) is 0 Å². The molecule has 1 atom stereocenters. The van der Waals surface area contributed by atoms with Crippen molar-refractivity contribution in [2.24, 2.45) is 5.92 Å². The molecule has 2 amide bonds. The van der Waals surface area contributed by atoms with E-state index < -0.39 is 0 Å². The van der Waals surface area contributed by atoms with Crippen LogP contribution >= 0.6 is 22.9 Å². The molecular formula is C24H26ClN5O3S. The predicted octanol–water partition coefficient (Wildman–Crippen LogP) is 5.20. The van der Waals surface area contributed by atoms with Crippen LogP contribution in [0.15, 0.2) is 42.9 Å². The van der Waals surface area contributed by atoms with E-state index in [9.17, 15) is 4.79 Å². The number of fused-ring (bicyclic) bond motifs is 1. The van der Waals surface area contributed by atoms with Crippen LogP contribution in [-0.2, 0) is 13.1 Å². The molecule has 0 spiro atoms. The lowest BCUT2D eigenvalue weighted by Crippen LogP contribution is -2.46. The number of amides is 2. The summed E-state index contributed by atoms with van der Waals surface area (Å²) in [6, 6.07) is 5.19. The number of ether oxygens (including phenoxy) is 2. The number of nitrogens with zero attached hydrogens (tertiary/aromatic N) is 4. The first-order valence-electron chi connectivity index (χ1n) is 11.3. The standard InChI is InChI=1S/C24H26ClN5O3S/c1-16(28-23(31)30-11-10-29-9-8-26-22(29)14-30)2-6-19-13-27-24(34-19)33-21-7-5-18(12-20(21)25)32-15-17-3-4-17/h2,5-9,12-13,16-17H,3-4,10-11,14-15H2,1H3,(H,28,31)/b6-2+/t16-/m0/s1. The number of benzene rings is 1. The second-order valence-electron chi connectivity index (χ2n) is 8.53. The summed E-state index contributed by atoms with van der Waals surface area (Å²) in [6.07, 6.45) is 11.8. The van der Waals surface area contributed by atoms with Crippen molar-refractivity contribution in [1.29, 1.82) is 0 Å². The SMILES string of the molecule is C[C@@H](/C=C/c1cnc(Oc2ccc(OCC3CC3)cc2Cl)s1)NC(=O)N1CCn2ccnc2C1. The largest absolute Gasteiger partial charge is 0.493 e. The molecule has 0 unspecified atom stereocenters. The van der Waals surface area contributed by atoms with E-state index in [0.717, 1.165) is 29.6 Å². The Morgan fingerprint density at radius 2 is 2.24 bits per heavy atom. The van der Waals surface area contributed by atoms with Gasteiger partial charge >= 0.3 is 6.03 Å². The van der Waals surface area contributed by atoms with Crippen molar-refractivity contribution in [2.75, 3.05) is 13.2 Å². The van der Waals surface area contributed by atoms with Crippen LogP contribution in [0, 0.1) is 5.92 Å². The zero-order valence-electron chi connectivity index (χ0n) is 18.8. The average molecular weight is 500 g/mol. The summed E-state index contributed by atoms with van der Waals surface area (Å²) < 4.78 is 13.7. The fourth-order valence-corrected chi connectivity index (χ4v) is 4.46. The number of nitrogens with one attached hydrogen (secondary N) is 1. The van der Waals surface area contributed by atoms with Gasteiger partial charge in [-0.3, -0.25) is 0 Å². The van der Waals surface area contributed by atoms with Crippen molar-refractivity contribution in [3.8, 4) is 16.7 Å². The van der Waals surface area contributed by atoms with Gasteiger partial charge in [-0.1, -0.05) is 29.0 Å². The van der Waals surface area contributed by atoms with Crippen LogP contribution in [0.5, 0.6) is 16.7 Å². The molecule has 3 aromatic rings. The van der Waals surface area contributed by atoms with E-state index in [0.29, 0.717) is 35.0 Å². The molecule has 0 bridgehead atoms. The number of rotatable bonds is 8. The third kappa shape index (κ3) is 5.71. The van der Waals surface area contributed by atoms with E-state index in [4.69, 9.17) is 21.1 Å². The predicted molar refractivity (Wildman–Crippen MR) is 132 cm³/mol. The third-order valence-corrected chi connectivity index (χ3v) is 6.85. The molecule has 3 heterocycles. The first-order chi connectivity index (χ1) is 16.5. The van der Waals surface area contributed by atoms with E-state index in [1.165, 1.54) is 24.2 Å². The lowest BCUT2D eigenvalue weighted by molar-refractivity contribution is 0.180.